The average molecular weight is 407 g/mol. The Labute approximate surface area is 175 Å². The number of hydrogen-bond acceptors (Lipinski definition) is 6. The maximum Gasteiger partial charge on any atom is 0.267 e. The van der Waals surface area contributed by atoms with Crippen molar-refractivity contribution in [1.29, 1.82) is 0 Å². The first-order valence-corrected chi connectivity index (χ1v) is 8.87. The minimum absolute atomic E-state index is 0. The molecule has 1 amide bonds. The number of likely N-dealkylation sites (N-methyl/N-ethyl adjacent to an activating group) is 1. The molecule has 0 saturated carbocycles. The van der Waals surface area contributed by atoms with E-state index in [1.165, 1.54) is 11.2 Å². The second-order valence-electron chi connectivity index (χ2n) is 6.94. The van der Waals surface area contributed by atoms with Crippen LogP contribution in [0.3, 0.4) is 0 Å². The lowest BCUT2D eigenvalue weighted by molar-refractivity contribution is -0.137. The van der Waals surface area contributed by atoms with Crippen LogP contribution in [0, 0.1) is 18.8 Å². The van der Waals surface area contributed by atoms with Gasteiger partial charge in [0.1, 0.15) is 11.8 Å². The summed E-state index contributed by atoms with van der Waals surface area (Å²) < 4.78 is 0. The maximum absolute atomic E-state index is 12.1. The van der Waals surface area contributed by atoms with Crippen LogP contribution >= 0.6 is 13.5 Å². The Morgan fingerprint density at radius 1 is 1.24 bits per heavy atom. The minimum atomic E-state index is -1.62. The summed E-state index contributed by atoms with van der Waals surface area (Å²) in [5.41, 5.74) is 8.85. The topological polar surface area (TPSA) is 105 Å². The number of nitrogen functional groups attached to an aromatic ring is 1. The third-order valence-electron chi connectivity index (χ3n) is 4.95. The van der Waals surface area contributed by atoms with Crippen LogP contribution in [0.5, 0.6) is 0 Å². The van der Waals surface area contributed by atoms with E-state index >= 15 is 0 Å². The highest BCUT2D eigenvalue weighted by Gasteiger charge is 2.42. The normalized spacial score (nSPS) is 18.3. The van der Waals surface area contributed by atoms with Gasteiger partial charge in [-0.15, -0.1) is 0 Å². The number of aliphatic hydroxyl groups is 1. The molecule has 1 aliphatic rings. The van der Waals surface area contributed by atoms with Crippen LogP contribution < -0.4 is 5.73 Å². The molecule has 3 N–H and O–H groups in total. The first-order chi connectivity index (χ1) is 13.4. The van der Waals surface area contributed by atoms with Crippen LogP contribution in [0.4, 0.5) is 5.82 Å². The summed E-state index contributed by atoms with van der Waals surface area (Å²) in [7, 11) is 1.66. The fourth-order valence-electron chi connectivity index (χ4n) is 3.23. The molecule has 3 aromatic rings. The van der Waals surface area contributed by atoms with Crippen LogP contribution in [0.2, 0.25) is 0 Å². The summed E-state index contributed by atoms with van der Waals surface area (Å²) in [6.07, 6.45) is 1.71. The number of aromatic nitrogens is 3. The van der Waals surface area contributed by atoms with E-state index < -0.39 is 5.60 Å². The molecule has 3 heterocycles. The number of amides is 1. The number of nitrogens with two attached hydrogens (primary N) is 1. The van der Waals surface area contributed by atoms with Crippen LogP contribution in [-0.4, -0.2) is 50.1 Å². The number of anilines is 1. The monoisotopic (exact) mass is 407 g/mol. The summed E-state index contributed by atoms with van der Waals surface area (Å²) in [4.78, 5) is 26.4. The van der Waals surface area contributed by atoms with E-state index in [0.29, 0.717) is 35.4 Å². The summed E-state index contributed by atoms with van der Waals surface area (Å²) in [6, 6.07) is 9.41. The predicted octanol–water partition coefficient (Wildman–Crippen LogP) is 1.64. The number of carbonyl (C=O) groups is 1. The number of benzene rings is 1. The number of nitrogens with zero attached hydrogens (tertiary/aromatic N) is 4. The van der Waals surface area contributed by atoms with Crippen molar-refractivity contribution in [3.63, 3.8) is 0 Å². The molecular formula is C21H21N5O2S. The zero-order valence-electron chi connectivity index (χ0n) is 16.1. The molecule has 4 rings (SSSR count). The third-order valence-corrected chi connectivity index (χ3v) is 4.95. The van der Waals surface area contributed by atoms with E-state index in [2.05, 4.69) is 26.8 Å². The first-order valence-electron chi connectivity index (χ1n) is 8.87. The van der Waals surface area contributed by atoms with Gasteiger partial charge in [0.25, 0.3) is 5.91 Å². The van der Waals surface area contributed by atoms with Gasteiger partial charge in [0.15, 0.2) is 5.82 Å². The van der Waals surface area contributed by atoms with Crippen molar-refractivity contribution >= 4 is 36.3 Å². The van der Waals surface area contributed by atoms with Crippen LogP contribution in [-0.2, 0) is 4.79 Å². The highest BCUT2D eigenvalue weighted by molar-refractivity contribution is 7.59. The molecule has 2 aromatic heterocycles. The lowest BCUT2D eigenvalue weighted by Crippen LogP contribution is -2.37. The van der Waals surface area contributed by atoms with Gasteiger partial charge in [-0.3, -0.25) is 4.79 Å². The zero-order valence-corrected chi connectivity index (χ0v) is 17.1. The molecular weight excluding hydrogens is 386 g/mol. The Hall–Kier alpha value is -3.15. The second-order valence-corrected chi connectivity index (χ2v) is 6.94. The highest BCUT2D eigenvalue weighted by Crippen LogP contribution is 2.26. The van der Waals surface area contributed by atoms with Gasteiger partial charge in [-0.1, -0.05) is 17.9 Å². The van der Waals surface area contributed by atoms with Crippen molar-refractivity contribution in [2.45, 2.75) is 18.9 Å². The van der Waals surface area contributed by atoms with Crippen LogP contribution in [0.1, 0.15) is 17.5 Å². The number of fused-ring (bicyclic) bond motifs is 1. The Bertz CT molecular complexity index is 1170. The number of carbonyl (C=O) groups excluding carboxylic acids is 1. The molecule has 1 fully saturated rings. The van der Waals surface area contributed by atoms with E-state index in [-0.39, 0.29) is 19.4 Å². The largest absolute Gasteiger partial charge is 0.382 e. The van der Waals surface area contributed by atoms with E-state index in [4.69, 9.17) is 5.73 Å². The van der Waals surface area contributed by atoms with Crippen LogP contribution in [0.25, 0.3) is 22.3 Å². The van der Waals surface area contributed by atoms with Crippen molar-refractivity contribution in [1.82, 2.24) is 19.9 Å². The van der Waals surface area contributed by atoms with Crippen molar-refractivity contribution in [2.75, 3.05) is 19.3 Å². The van der Waals surface area contributed by atoms with Crippen molar-refractivity contribution in [3.8, 4) is 23.1 Å². The Morgan fingerprint density at radius 3 is 2.76 bits per heavy atom. The van der Waals surface area contributed by atoms with Crippen LogP contribution in [0.15, 0.2) is 36.7 Å². The van der Waals surface area contributed by atoms with Crippen molar-refractivity contribution in [2.24, 2.45) is 0 Å². The molecule has 29 heavy (non-hydrogen) atoms. The molecule has 1 saturated heterocycles. The van der Waals surface area contributed by atoms with Crippen molar-refractivity contribution in [3.05, 3.63) is 47.8 Å². The summed E-state index contributed by atoms with van der Waals surface area (Å²) >= 11 is 0. The number of aryl methyl sites for hydroxylation is 1. The number of hydrogen-bond donors (Lipinski definition) is 2. The highest BCUT2D eigenvalue weighted by atomic mass is 32.1. The van der Waals surface area contributed by atoms with E-state index in [9.17, 15) is 9.90 Å². The molecule has 0 unspecified atom stereocenters. The molecule has 1 aromatic carbocycles. The van der Waals surface area contributed by atoms with Gasteiger partial charge in [-0.25, -0.2) is 15.0 Å². The van der Waals surface area contributed by atoms with Gasteiger partial charge in [0.05, 0.1) is 11.2 Å². The number of likely N-dealkylation sites (tertiary alicyclic amines) is 1. The molecule has 148 valence electrons. The smallest absolute Gasteiger partial charge is 0.267 e. The number of rotatable bonds is 1. The molecule has 0 radical (unpaired) electrons. The summed E-state index contributed by atoms with van der Waals surface area (Å²) in [5.74, 6) is 5.65. The van der Waals surface area contributed by atoms with E-state index in [1.54, 1.807) is 7.05 Å². The van der Waals surface area contributed by atoms with E-state index in [1.807, 2.05) is 37.3 Å². The van der Waals surface area contributed by atoms with Gasteiger partial charge in [-0.05, 0) is 36.8 Å². The molecule has 8 heteroatoms. The number of pyridine rings is 1. The van der Waals surface area contributed by atoms with Gasteiger partial charge < -0.3 is 15.7 Å². The molecule has 0 bridgehead atoms. The van der Waals surface area contributed by atoms with Crippen molar-refractivity contribution < 1.29 is 9.90 Å². The summed E-state index contributed by atoms with van der Waals surface area (Å²) in [6.45, 7) is 2.47. The fraction of sp³-hybridized carbons (Fsp3) is 0.238. The first kappa shape index (κ1) is 20.6. The molecule has 0 aliphatic carbocycles. The molecule has 1 aliphatic heterocycles. The van der Waals surface area contributed by atoms with Gasteiger partial charge in [0, 0.05) is 31.1 Å². The van der Waals surface area contributed by atoms with Gasteiger partial charge in [-0.2, -0.15) is 13.5 Å². The van der Waals surface area contributed by atoms with Gasteiger partial charge in [0.2, 0.25) is 5.60 Å². The Balaban J connectivity index is 0.00000240. The lowest BCUT2D eigenvalue weighted by Gasteiger charge is -2.13. The Morgan fingerprint density at radius 2 is 2.03 bits per heavy atom. The standard InChI is InChI=1S/C21H19N5O2.H2S/c1-13-3-4-14(7-8-21(28)9-10-26(2)20(21)27)11-15(13)16-5-6-17-18(25-16)19(22)24-12-23-17;/h3-6,11-12,28H,9-10H2,1-2H3,(H2,22,23,24);1H2/t21-;/m1./s1. The molecule has 0 spiro atoms. The SMILES string of the molecule is Cc1ccc(C#C[C@@]2(O)CCN(C)C2=O)cc1-c1ccc2ncnc(N)c2n1.S. The maximum atomic E-state index is 12.1. The quantitative estimate of drug-likeness (QED) is 0.594. The fourth-order valence-corrected chi connectivity index (χ4v) is 3.23. The third kappa shape index (κ3) is 3.75. The predicted molar refractivity (Wildman–Crippen MR) is 116 cm³/mol. The average Bonchev–Trinajstić information content (AvgIpc) is 2.95. The lowest BCUT2D eigenvalue weighted by atomic mass is 9.99. The minimum Gasteiger partial charge on any atom is -0.382 e. The van der Waals surface area contributed by atoms with Gasteiger partial charge >= 0.3 is 0 Å². The Kier molecular flexibility index (Phi) is 5.46. The molecule has 7 nitrogen and oxygen atoms in total. The zero-order chi connectivity index (χ0) is 19.9. The van der Waals surface area contributed by atoms with E-state index in [0.717, 1.165) is 16.8 Å². The molecule has 1 atom stereocenters. The summed E-state index contributed by atoms with van der Waals surface area (Å²) in [5, 5.41) is 10.5. The second kappa shape index (κ2) is 7.70.